The number of halogens is 2. The molecule has 152 valence electrons. The summed E-state index contributed by atoms with van der Waals surface area (Å²) in [6, 6.07) is 5.65. The van der Waals surface area contributed by atoms with Gasteiger partial charge in [0.05, 0.1) is 4.88 Å². The van der Waals surface area contributed by atoms with Crippen LogP contribution in [-0.2, 0) is 16.1 Å². The summed E-state index contributed by atoms with van der Waals surface area (Å²) in [4.78, 5) is 25.5. The van der Waals surface area contributed by atoms with Crippen molar-refractivity contribution >= 4 is 35.4 Å². The van der Waals surface area contributed by atoms with E-state index in [9.17, 15) is 18.4 Å². The van der Waals surface area contributed by atoms with Crippen LogP contribution in [0.4, 0.5) is 8.78 Å². The topological polar surface area (TPSA) is 91.8 Å². The Hall–Kier alpha value is -2.92. The highest BCUT2D eigenvalue weighted by atomic mass is 32.1. The Balaban J connectivity index is 1.73. The SMILES string of the molecule is CNC(=O)C(NC(=O)CCn1c(-c2cccs2)n[nH]c1=S)c1ccc(F)c(F)c1. The average Bonchev–Trinajstić information content (AvgIpc) is 3.36. The number of carbonyl (C=O) groups excluding carboxylic acids is 2. The molecule has 2 heterocycles. The molecule has 0 bridgehead atoms. The molecule has 0 radical (unpaired) electrons. The molecular weight excluding hydrogens is 420 g/mol. The first-order valence-corrected chi connectivity index (χ1v) is 9.84. The van der Waals surface area contributed by atoms with Crippen LogP contribution in [0.25, 0.3) is 10.7 Å². The van der Waals surface area contributed by atoms with Gasteiger partial charge in [-0.2, -0.15) is 5.10 Å². The van der Waals surface area contributed by atoms with Crippen LogP contribution >= 0.6 is 23.6 Å². The molecule has 2 amide bonds. The van der Waals surface area contributed by atoms with Gasteiger partial charge in [0, 0.05) is 20.0 Å². The highest BCUT2D eigenvalue weighted by Gasteiger charge is 2.23. The second kappa shape index (κ2) is 9.05. The molecule has 11 heteroatoms. The molecule has 0 aliphatic rings. The van der Waals surface area contributed by atoms with Gasteiger partial charge in [0.25, 0.3) is 0 Å². The third-order valence-corrected chi connectivity index (χ3v) is 5.33. The number of aromatic nitrogens is 3. The molecule has 0 saturated carbocycles. The van der Waals surface area contributed by atoms with Crippen LogP contribution in [0, 0.1) is 16.4 Å². The lowest BCUT2D eigenvalue weighted by Gasteiger charge is -2.18. The molecule has 1 atom stereocenters. The fourth-order valence-electron chi connectivity index (χ4n) is 2.70. The zero-order valence-electron chi connectivity index (χ0n) is 15.2. The Morgan fingerprint density at radius 1 is 1.31 bits per heavy atom. The Labute approximate surface area is 173 Å². The predicted molar refractivity (Wildman–Crippen MR) is 107 cm³/mol. The van der Waals surface area contributed by atoms with Crippen LogP contribution in [0.1, 0.15) is 18.0 Å². The summed E-state index contributed by atoms with van der Waals surface area (Å²) in [5.41, 5.74) is 0.135. The first-order valence-electron chi connectivity index (χ1n) is 8.55. The molecule has 2 aromatic heterocycles. The molecular formula is C18H17F2N5O2S2. The van der Waals surface area contributed by atoms with Crippen LogP contribution in [0.5, 0.6) is 0 Å². The standard InChI is InChI=1S/C18H17F2N5O2S2/c1-21-17(27)15(10-4-5-11(19)12(20)9-10)22-14(26)6-7-25-16(23-24-18(25)28)13-3-2-8-29-13/h2-5,8-9,15H,6-7H2,1H3,(H,21,27)(H,22,26)(H,24,28). The van der Waals surface area contributed by atoms with Crippen molar-refractivity contribution in [1.82, 2.24) is 25.4 Å². The first-order chi connectivity index (χ1) is 13.9. The normalized spacial score (nSPS) is 11.8. The second-order valence-corrected chi connectivity index (χ2v) is 7.35. The number of H-pyrrole nitrogens is 1. The van der Waals surface area contributed by atoms with Crippen LogP contribution in [-0.4, -0.2) is 33.6 Å². The van der Waals surface area contributed by atoms with Crippen molar-refractivity contribution in [3.63, 3.8) is 0 Å². The summed E-state index contributed by atoms with van der Waals surface area (Å²) >= 11 is 6.71. The van der Waals surface area contributed by atoms with Crippen LogP contribution in [0.15, 0.2) is 35.7 Å². The fourth-order valence-corrected chi connectivity index (χ4v) is 3.65. The molecule has 0 spiro atoms. The molecule has 1 aromatic carbocycles. The van der Waals surface area contributed by atoms with E-state index in [1.807, 2.05) is 17.5 Å². The summed E-state index contributed by atoms with van der Waals surface area (Å²) in [5, 5.41) is 13.7. The quantitative estimate of drug-likeness (QED) is 0.496. The zero-order valence-corrected chi connectivity index (χ0v) is 16.9. The molecule has 7 nitrogen and oxygen atoms in total. The van der Waals surface area contributed by atoms with Crippen molar-refractivity contribution in [2.75, 3.05) is 7.05 Å². The highest BCUT2D eigenvalue weighted by Crippen LogP contribution is 2.23. The van der Waals surface area contributed by atoms with Crippen molar-refractivity contribution < 1.29 is 18.4 Å². The second-order valence-electron chi connectivity index (χ2n) is 6.02. The van der Waals surface area contributed by atoms with Gasteiger partial charge in [-0.1, -0.05) is 12.1 Å². The molecule has 3 rings (SSSR count). The number of carbonyl (C=O) groups is 2. The summed E-state index contributed by atoms with van der Waals surface area (Å²) in [7, 11) is 1.39. The minimum absolute atomic E-state index is 0.00336. The number of thiophene rings is 1. The number of hydrogen-bond acceptors (Lipinski definition) is 5. The van der Waals surface area contributed by atoms with E-state index in [1.54, 1.807) is 4.57 Å². The number of benzene rings is 1. The summed E-state index contributed by atoms with van der Waals surface area (Å²) in [6.45, 7) is 0.229. The van der Waals surface area contributed by atoms with Gasteiger partial charge in [0.15, 0.2) is 22.2 Å². The number of amides is 2. The predicted octanol–water partition coefficient (Wildman–Crippen LogP) is 2.94. The Kier molecular flexibility index (Phi) is 6.49. The van der Waals surface area contributed by atoms with E-state index in [4.69, 9.17) is 12.2 Å². The molecule has 1 unspecified atom stereocenters. The molecule has 0 aliphatic heterocycles. The molecule has 0 saturated heterocycles. The van der Waals surface area contributed by atoms with Gasteiger partial charge in [-0.15, -0.1) is 11.3 Å². The van der Waals surface area contributed by atoms with E-state index in [-0.39, 0.29) is 18.5 Å². The number of hydrogen-bond donors (Lipinski definition) is 3. The van der Waals surface area contributed by atoms with Gasteiger partial charge in [-0.25, -0.2) is 8.78 Å². The zero-order chi connectivity index (χ0) is 21.0. The molecule has 3 N–H and O–H groups in total. The third kappa shape index (κ3) is 4.74. The van der Waals surface area contributed by atoms with Gasteiger partial charge in [0.1, 0.15) is 6.04 Å². The number of aromatic amines is 1. The Morgan fingerprint density at radius 3 is 2.76 bits per heavy atom. The molecule has 3 aromatic rings. The maximum Gasteiger partial charge on any atom is 0.246 e. The van der Waals surface area contributed by atoms with Crippen molar-refractivity contribution in [2.45, 2.75) is 19.0 Å². The van der Waals surface area contributed by atoms with Gasteiger partial charge in [-0.05, 0) is 41.4 Å². The first kappa shape index (κ1) is 20.8. The summed E-state index contributed by atoms with van der Waals surface area (Å²) < 4.78 is 28.8. The number of nitrogens with one attached hydrogen (secondary N) is 3. The molecule has 0 aliphatic carbocycles. The van der Waals surface area contributed by atoms with Crippen molar-refractivity contribution in [3.8, 4) is 10.7 Å². The summed E-state index contributed by atoms with van der Waals surface area (Å²) in [6.07, 6.45) is 0.00336. The lowest BCUT2D eigenvalue weighted by molar-refractivity contribution is -0.129. The van der Waals surface area contributed by atoms with Gasteiger partial charge >= 0.3 is 0 Å². The van der Waals surface area contributed by atoms with Crippen molar-refractivity contribution in [1.29, 1.82) is 0 Å². The minimum atomic E-state index is -1.16. The monoisotopic (exact) mass is 437 g/mol. The van der Waals surface area contributed by atoms with E-state index in [2.05, 4.69) is 20.8 Å². The number of likely N-dealkylation sites (N-methyl/N-ethyl adjacent to an activating group) is 1. The highest BCUT2D eigenvalue weighted by molar-refractivity contribution is 7.71. The summed E-state index contributed by atoms with van der Waals surface area (Å²) in [5.74, 6) is -2.53. The Morgan fingerprint density at radius 2 is 2.10 bits per heavy atom. The van der Waals surface area contributed by atoms with Crippen LogP contribution < -0.4 is 10.6 Å². The lowest BCUT2D eigenvalue weighted by atomic mass is 10.1. The maximum atomic E-state index is 13.6. The number of nitrogens with zero attached hydrogens (tertiary/aromatic N) is 2. The van der Waals surface area contributed by atoms with Crippen LogP contribution in [0.2, 0.25) is 0 Å². The lowest BCUT2D eigenvalue weighted by Crippen LogP contribution is -2.39. The largest absolute Gasteiger partial charge is 0.357 e. The van der Waals surface area contributed by atoms with Crippen LogP contribution in [0.3, 0.4) is 0 Å². The number of rotatable bonds is 7. The van der Waals surface area contributed by atoms with E-state index < -0.39 is 29.5 Å². The minimum Gasteiger partial charge on any atom is -0.357 e. The fraction of sp³-hybridized carbons (Fsp3) is 0.222. The van der Waals surface area contributed by atoms with Gasteiger partial charge in [0.2, 0.25) is 11.8 Å². The van der Waals surface area contributed by atoms with Crippen molar-refractivity contribution in [2.24, 2.45) is 0 Å². The average molecular weight is 437 g/mol. The third-order valence-electron chi connectivity index (χ3n) is 4.15. The van der Waals surface area contributed by atoms with Gasteiger partial charge in [-0.3, -0.25) is 19.3 Å². The van der Waals surface area contributed by atoms with Gasteiger partial charge < -0.3 is 10.6 Å². The maximum absolute atomic E-state index is 13.6. The van der Waals surface area contributed by atoms with E-state index in [0.717, 1.165) is 17.0 Å². The van der Waals surface area contributed by atoms with E-state index in [1.165, 1.54) is 24.5 Å². The Bertz CT molecular complexity index is 1080. The molecule has 0 fully saturated rings. The van der Waals surface area contributed by atoms with E-state index >= 15 is 0 Å². The van der Waals surface area contributed by atoms with E-state index in [0.29, 0.717) is 10.6 Å². The molecule has 29 heavy (non-hydrogen) atoms. The smallest absolute Gasteiger partial charge is 0.246 e. The van der Waals surface area contributed by atoms with Crippen molar-refractivity contribution in [3.05, 3.63) is 57.7 Å².